The van der Waals surface area contributed by atoms with E-state index in [1.54, 1.807) is 0 Å². The third-order valence-corrected chi connectivity index (χ3v) is 4.41. The lowest BCUT2D eigenvalue weighted by Gasteiger charge is -2.26. The minimum atomic E-state index is 0.715. The van der Waals surface area contributed by atoms with Gasteiger partial charge in [-0.2, -0.15) is 0 Å². The maximum atomic E-state index is 5.68. The smallest absolute Gasteiger partial charge is 0.0443 e. The number of aryl methyl sites for hydroxylation is 2. The molecule has 0 saturated carbocycles. The number of para-hydroxylation sites is 1. The predicted molar refractivity (Wildman–Crippen MR) is 90.3 cm³/mol. The molecule has 2 N–H and O–H groups in total. The van der Waals surface area contributed by atoms with Crippen LogP contribution in [0.15, 0.2) is 42.5 Å². The van der Waals surface area contributed by atoms with E-state index >= 15 is 0 Å². The highest BCUT2D eigenvalue weighted by atomic mass is 15.1. The Morgan fingerprint density at radius 1 is 1.10 bits per heavy atom. The van der Waals surface area contributed by atoms with Gasteiger partial charge >= 0.3 is 0 Å². The predicted octanol–water partition coefficient (Wildman–Crippen LogP) is 3.97. The highest BCUT2D eigenvalue weighted by Gasteiger charge is 2.16. The average molecular weight is 280 g/mol. The first kappa shape index (κ1) is 14.2. The van der Waals surface area contributed by atoms with E-state index in [4.69, 9.17) is 5.73 Å². The number of hydrogen-bond donors (Lipinski definition) is 1. The van der Waals surface area contributed by atoms with Gasteiger partial charge in [-0.15, -0.1) is 0 Å². The standard InChI is InChI=1S/C19H24N2/c1-15-14-18(10-9-16(15)11-12-20)21-13-5-4-7-17-6-2-3-8-19(17)21/h2-3,6,8-10,14H,4-5,7,11-13,20H2,1H3. The van der Waals surface area contributed by atoms with Gasteiger partial charge in [-0.1, -0.05) is 24.3 Å². The Hall–Kier alpha value is -1.80. The molecular weight excluding hydrogens is 256 g/mol. The number of benzene rings is 2. The van der Waals surface area contributed by atoms with Gasteiger partial charge < -0.3 is 10.6 Å². The van der Waals surface area contributed by atoms with Crippen LogP contribution in [0.25, 0.3) is 0 Å². The van der Waals surface area contributed by atoms with Crippen LogP contribution in [0.2, 0.25) is 0 Å². The second kappa shape index (κ2) is 6.31. The molecule has 0 radical (unpaired) electrons. The molecule has 1 heterocycles. The molecule has 0 unspecified atom stereocenters. The molecule has 1 aliphatic heterocycles. The lowest BCUT2D eigenvalue weighted by molar-refractivity contribution is 0.761. The topological polar surface area (TPSA) is 29.3 Å². The largest absolute Gasteiger partial charge is 0.341 e. The molecule has 2 aromatic rings. The molecule has 0 fully saturated rings. The zero-order valence-corrected chi connectivity index (χ0v) is 12.8. The van der Waals surface area contributed by atoms with Gasteiger partial charge in [0.2, 0.25) is 0 Å². The Balaban J connectivity index is 1.98. The number of nitrogens with zero attached hydrogens (tertiary/aromatic N) is 1. The Labute approximate surface area is 127 Å². The Bertz CT molecular complexity index is 619. The van der Waals surface area contributed by atoms with Crippen LogP contribution in [0, 0.1) is 6.92 Å². The van der Waals surface area contributed by atoms with Crippen LogP contribution in [0.4, 0.5) is 11.4 Å². The summed E-state index contributed by atoms with van der Waals surface area (Å²) in [6.07, 6.45) is 4.68. The van der Waals surface area contributed by atoms with Gasteiger partial charge in [0.05, 0.1) is 0 Å². The molecule has 3 rings (SSSR count). The van der Waals surface area contributed by atoms with Crippen LogP contribution in [0.1, 0.15) is 29.5 Å². The van der Waals surface area contributed by atoms with Crippen molar-refractivity contribution < 1.29 is 0 Å². The normalized spacial score (nSPS) is 14.7. The fourth-order valence-corrected chi connectivity index (χ4v) is 3.24. The summed E-state index contributed by atoms with van der Waals surface area (Å²) >= 11 is 0. The van der Waals surface area contributed by atoms with Crippen molar-refractivity contribution in [2.24, 2.45) is 5.73 Å². The van der Waals surface area contributed by atoms with Gasteiger partial charge in [0.15, 0.2) is 0 Å². The van der Waals surface area contributed by atoms with Crippen LogP contribution in [-0.4, -0.2) is 13.1 Å². The first-order chi connectivity index (χ1) is 10.3. The molecule has 2 nitrogen and oxygen atoms in total. The van der Waals surface area contributed by atoms with Crippen LogP contribution < -0.4 is 10.6 Å². The Kier molecular flexibility index (Phi) is 4.26. The zero-order chi connectivity index (χ0) is 14.7. The number of fused-ring (bicyclic) bond motifs is 1. The molecule has 2 aromatic carbocycles. The van der Waals surface area contributed by atoms with Crippen molar-refractivity contribution in [2.75, 3.05) is 18.0 Å². The lowest BCUT2D eigenvalue weighted by atomic mass is 10.0. The summed E-state index contributed by atoms with van der Waals surface area (Å²) in [6.45, 7) is 4.01. The van der Waals surface area contributed by atoms with Crippen molar-refractivity contribution in [3.63, 3.8) is 0 Å². The first-order valence-electron chi connectivity index (χ1n) is 7.94. The highest BCUT2D eigenvalue weighted by Crippen LogP contribution is 2.33. The third kappa shape index (κ3) is 2.96. The molecule has 2 heteroatoms. The number of nitrogens with two attached hydrogens (primary N) is 1. The van der Waals surface area contributed by atoms with E-state index < -0.39 is 0 Å². The minimum Gasteiger partial charge on any atom is -0.341 e. The quantitative estimate of drug-likeness (QED) is 0.921. The van der Waals surface area contributed by atoms with Gasteiger partial charge in [0.1, 0.15) is 0 Å². The lowest BCUT2D eigenvalue weighted by Crippen LogP contribution is -2.18. The number of anilines is 2. The second-order valence-electron chi connectivity index (χ2n) is 5.89. The van der Waals surface area contributed by atoms with Crippen LogP contribution in [0.5, 0.6) is 0 Å². The van der Waals surface area contributed by atoms with E-state index in [0.717, 1.165) is 13.0 Å². The summed E-state index contributed by atoms with van der Waals surface area (Å²) in [6, 6.07) is 15.6. The van der Waals surface area contributed by atoms with Gasteiger partial charge in [-0.05, 0) is 74.0 Å². The van der Waals surface area contributed by atoms with Gasteiger partial charge in [0.25, 0.3) is 0 Å². The second-order valence-corrected chi connectivity index (χ2v) is 5.89. The molecule has 1 aliphatic rings. The Morgan fingerprint density at radius 2 is 1.95 bits per heavy atom. The molecule has 110 valence electrons. The fourth-order valence-electron chi connectivity index (χ4n) is 3.24. The van der Waals surface area contributed by atoms with E-state index in [2.05, 4.69) is 54.3 Å². The molecular formula is C19H24N2. The zero-order valence-electron chi connectivity index (χ0n) is 12.8. The van der Waals surface area contributed by atoms with E-state index in [1.165, 1.54) is 47.3 Å². The van der Waals surface area contributed by atoms with Gasteiger partial charge in [0, 0.05) is 17.9 Å². The van der Waals surface area contributed by atoms with Crippen molar-refractivity contribution in [1.29, 1.82) is 0 Å². The molecule has 0 atom stereocenters. The Morgan fingerprint density at radius 3 is 2.76 bits per heavy atom. The highest BCUT2D eigenvalue weighted by molar-refractivity contribution is 5.68. The van der Waals surface area contributed by atoms with Crippen LogP contribution in [0.3, 0.4) is 0 Å². The van der Waals surface area contributed by atoms with Crippen molar-refractivity contribution in [1.82, 2.24) is 0 Å². The number of rotatable bonds is 3. The minimum absolute atomic E-state index is 0.715. The van der Waals surface area contributed by atoms with Gasteiger partial charge in [-0.3, -0.25) is 0 Å². The molecule has 0 aliphatic carbocycles. The molecule has 0 saturated heterocycles. The van der Waals surface area contributed by atoms with Crippen LogP contribution >= 0.6 is 0 Å². The maximum absolute atomic E-state index is 5.68. The monoisotopic (exact) mass is 280 g/mol. The summed E-state index contributed by atoms with van der Waals surface area (Å²) in [5, 5.41) is 0. The summed E-state index contributed by atoms with van der Waals surface area (Å²) < 4.78 is 0. The van der Waals surface area contributed by atoms with Crippen molar-refractivity contribution >= 4 is 11.4 Å². The molecule has 0 aromatic heterocycles. The van der Waals surface area contributed by atoms with E-state index in [1.807, 2.05) is 0 Å². The summed E-state index contributed by atoms with van der Waals surface area (Å²) in [4.78, 5) is 2.47. The molecule has 21 heavy (non-hydrogen) atoms. The fraction of sp³-hybridized carbons (Fsp3) is 0.368. The molecule has 0 bridgehead atoms. The number of hydrogen-bond acceptors (Lipinski definition) is 2. The summed E-state index contributed by atoms with van der Waals surface area (Å²) in [5.41, 5.74) is 12.6. The summed E-state index contributed by atoms with van der Waals surface area (Å²) in [7, 11) is 0. The maximum Gasteiger partial charge on any atom is 0.0443 e. The van der Waals surface area contributed by atoms with Crippen molar-refractivity contribution in [3.05, 3.63) is 59.2 Å². The molecule has 0 spiro atoms. The van der Waals surface area contributed by atoms with Crippen LogP contribution in [-0.2, 0) is 12.8 Å². The van der Waals surface area contributed by atoms with Gasteiger partial charge in [-0.25, -0.2) is 0 Å². The molecule has 0 amide bonds. The van der Waals surface area contributed by atoms with Crippen molar-refractivity contribution in [2.45, 2.75) is 32.6 Å². The van der Waals surface area contributed by atoms with Crippen molar-refractivity contribution in [3.8, 4) is 0 Å². The average Bonchev–Trinajstić information content (AvgIpc) is 2.72. The SMILES string of the molecule is Cc1cc(N2CCCCc3ccccc32)ccc1CCN. The summed E-state index contributed by atoms with van der Waals surface area (Å²) in [5.74, 6) is 0. The van der Waals surface area contributed by atoms with E-state index in [9.17, 15) is 0 Å². The van der Waals surface area contributed by atoms with E-state index in [-0.39, 0.29) is 0 Å². The van der Waals surface area contributed by atoms with E-state index in [0.29, 0.717) is 6.54 Å². The first-order valence-corrected chi connectivity index (χ1v) is 7.94. The third-order valence-electron chi connectivity index (χ3n) is 4.41.